The first kappa shape index (κ1) is 29.1. The lowest BCUT2D eigenvalue weighted by Gasteiger charge is -2.19. The highest BCUT2D eigenvalue weighted by molar-refractivity contribution is 7.58. The third-order valence-corrected chi connectivity index (χ3v) is 8.00. The smallest absolute Gasteiger partial charge is 0.407 e. The van der Waals surface area contributed by atoms with Crippen molar-refractivity contribution in [3.05, 3.63) is 71.8 Å². The largest absolute Gasteiger partial charge is 0.480 e. The first-order valence-corrected chi connectivity index (χ1v) is 13.8. The lowest BCUT2D eigenvalue weighted by molar-refractivity contribution is -0.141. The molecular weight excluding hydrogens is 483 g/mol. The number of rotatable bonds is 15. The Bertz CT molecular complexity index is 1020. The minimum Gasteiger partial charge on any atom is -0.480 e. The summed E-state index contributed by atoms with van der Waals surface area (Å²) in [7, 11) is -1.77. The Hall–Kier alpha value is -3.16. The summed E-state index contributed by atoms with van der Waals surface area (Å²) in [4.78, 5) is 35.8. The predicted octanol–water partition coefficient (Wildman–Crippen LogP) is 4.41. The summed E-state index contributed by atoms with van der Waals surface area (Å²) in [6.45, 7) is 2.03. The van der Waals surface area contributed by atoms with E-state index in [1.165, 1.54) is 7.11 Å². The highest BCUT2D eigenvalue weighted by atomic mass is 31.2. The fraction of sp³-hybridized carbons (Fsp3) is 0.423. The second kappa shape index (κ2) is 15.1. The molecule has 0 aliphatic heterocycles. The van der Waals surface area contributed by atoms with Gasteiger partial charge in [-0.25, -0.2) is 9.59 Å². The molecule has 0 radical (unpaired) electrons. The van der Waals surface area contributed by atoms with E-state index in [4.69, 9.17) is 9.26 Å². The maximum atomic E-state index is 13.0. The van der Waals surface area contributed by atoms with Crippen molar-refractivity contribution in [1.82, 2.24) is 10.6 Å². The molecule has 0 saturated heterocycles. The lowest BCUT2D eigenvalue weighted by atomic mass is 10.0. The molecule has 0 saturated carbocycles. The molecule has 2 aromatic rings. The fourth-order valence-corrected chi connectivity index (χ4v) is 5.12. The van der Waals surface area contributed by atoms with Gasteiger partial charge in [0, 0.05) is 26.1 Å². The van der Waals surface area contributed by atoms with Gasteiger partial charge in [-0.05, 0) is 29.9 Å². The molecule has 2 amide bonds. The summed E-state index contributed by atoms with van der Waals surface area (Å²) >= 11 is 0. The molecule has 10 heteroatoms. The summed E-state index contributed by atoms with van der Waals surface area (Å²) < 4.78 is 23.3. The van der Waals surface area contributed by atoms with Crippen LogP contribution in [0.15, 0.2) is 60.7 Å². The number of hydrogen-bond acceptors (Lipinski definition) is 6. The van der Waals surface area contributed by atoms with Crippen LogP contribution in [-0.2, 0) is 36.4 Å². The Labute approximate surface area is 212 Å². The number of ether oxygens (including phenoxy) is 1. The predicted molar refractivity (Wildman–Crippen MR) is 137 cm³/mol. The van der Waals surface area contributed by atoms with E-state index in [9.17, 15) is 24.1 Å². The lowest BCUT2D eigenvalue weighted by Crippen LogP contribution is -2.42. The Morgan fingerprint density at radius 2 is 1.58 bits per heavy atom. The van der Waals surface area contributed by atoms with Gasteiger partial charge in [0.15, 0.2) is 0 Å². The van der Waals surface area contributed by atoms with E-state index >= 15 is 0 Å². The van der Waals surface area contributed by atoms with Crippen molar-refractivity contribution in [2.75, 3.05) is 19.6 Å². The molecule has 0 fully saturated rings. The summed E-state index contributed by atoms with van der Waals surface area (Å²) in [5.41, 5.74) is 1.67. The van der Waals surface area contributed by atoms with Gasteiger partial charge in [0.05, 0.1) is 6.29 Å². The van der Waals surface area contributed by atoms with Gasteiger partial charge in [-0.3, -0.25) is 9.36 Å². The van der Waals surface area contributed by atoms with E-state index in [1.54, 1.807) is 0 Å². The molecule has 0 aliphatic rings. The van der Waals surface area contributed by atoms with Crippen LogP contribution in [0.2, 0.25) is 0 Å². The number of carbonyl (C=O) groups is 3. The van der Waals surface area contributed by atoms with Gasteiger partial charge in [-0.15, -0.1) is 0 Å². The first-order chi connectivity index (χ1) is 17.2. The van der Waals surface area contributed by atoms with E-state index in [-0.39, 0.29) is 43.7 Å². The minimum absolute atomic E-state index is 0.0432. The van der Waals surface area contributed by atoms with Crippen LogP contribution in [0.4, 0.5) is 4.79 Å². The SMILES string of the molecule is COP(=O)(CCC(C)CCC(=O)N[C@@H](Cc1ccccc1)C(=O)O)CNC(=O)OCc1ccccc1. The number of hydrogen-bond donors (Lipinski definition) is 3. The van der Waals surface area contributed by atoms with E-state index < -0.39 is 25.5 Å². The normalized spacial score (nSPS) is 14.2. The van der Waals surface area contributed by atoms with Crippen molar-refractivity contribution in [3.8, 4) is 0 Å². The van der Waals surface area contributed by atoms with Crippen molar-refractivity contribution in [3.63, 3.8) is 0 Å². The molecule has 0 aliphatic carbocycles. The molecule has 2 rings (SSSR count). The number of carboxylic acid groups (broad SMARTS) is 1. The van der Waals surface area contributed by atoms with E-state index in [0.717, 1.165) is 11.1 Å². The number of amides is 2. The van der Waals surface area contributed by atoms with Gasteiger partial charge < -0.3 is 25.0 Å². The van der Waals surface area contributed by atoms with Crippen molar-refractivity contribution in [2.24, 2.45) is 5.92 Å². The van der Waals surface area contributed by atoms with E-state index in [0.29, 0.717) is 12.8 Å². The van der Waals surface area contributed by atoms with Crippen LogP contribution >= 0.6 is 7.37 Å². The average Bonchev–Trinajstić information content (AvgIpc) is 2.89. The van der Waals surface area contributed by atoms with Crippen molar-refractivity contribution < 1.29 is 33.3 Å². The van der Waals surface area contributed by atoms with Crippen molar-refractivity contribution >= 4 is 25.3 Å². The van der Waals surface area contributed by atoms with Crippen LogP contribution in [0, 0.1) is 5.92 Å². The Balaban J connectivity index is 1.71. The Morgan fingerprint density at radius 1 is 0.972 bits per heavy atom. The highest BCUT2D eigenvalue weighted by Gasteiger charge is 2.25. The molecule has 0 spiro atoms. The molecule has 36 heavy (non-hydrogen) atoms. The van der Waals surface area contributed by atoms with Gasteiger partial charge in [-0.1, -0.05) is 67.6 Å². The van der Waals surface area contributed by atoms with Gasteiger partial charge in [-0.2, -0.15) is 0 Å². The summed E-state index contributed by atoms with van der Waals surface area (Å²) in [5.74, 6) is -1.39. The zero-order valence-corrected chi connectivity index (χ0v) is 21.6. The number of nitrogens with one attached hydrogen (secondary N) is 2. The van der Waals surface area contributed by atoms with Gasteiger partial charge in [0.25, 0.3) is 0 Å². The third-order valence-electron chi connectivity index (χ3n) is 5.75. The van der Waals surface area contributed by atoms with Crippen LogP contribution in [0.5, 0.6) is 0 Å². The summed E-state index contributed by atoms with van der Waals surface area (Å²) in [6.07, 6.45) is 0.785. The zero-order valence-electron chi connectivity index (χ0n) is 20.7. The Kier molecular flexibility index (Phi) is 12.2. The maximum Gasteiger partial charge on any atom is 0.407 e. The molecule has 3 atom stereocenters. The van der Waals surface area contributed by atoms with Crippen LogP contribution < -0.4 is 10.6 Å². The molecule has 0 aromatic heterocycles. The quantitative estimate of drug-likeness (QED) is 0.298. The molecule has 2 aromatic carbocycles. The molecule has 0 heterocycles. The second-order valence-corrected chi connectivity index (χ2v) is 11.5. The van der Waals surface area contributed by atoms with E-state index in [2.05, 4.69) is 10.6 Å². The van der Waals surface area contributed by atoms with E-state index in [1.807, 2.05) is 67.6 Å². The molecule has 196 valence electrons. The molecule has 3 N–H and O–H groups in total. The van der Waals surface area contributed by atoms with Crippen LogP contribution in [0.3, 0.4) is 0 Å². The van der Waals surface area contributed by atoms with Gasteiger partial charge in [0.2, 0.25) is 13.3 Å². The van der Waals surface area contributed by atoms with Crippen LogP contribution in [0.25, 0.3) is 0 Å². The number of benzene rings is 2. The highest BCUT2D eigenvalue weighted by Crippen LogP contribution is 2.46. The first-order valence-electron chi connectivity index (χ1n) is 11.8. The van der Waals surface area contributed by atoms with Gasteiger partial charge in [0.1, 0.15) is 12.6 Å². The summed E-state index contributed by atoms with van der Waals surface area (Å²) in [5, 5.41) is 14.5. The third kappa shape index (κ3) is 11.1. The molecule has 9 nitrogen and oxygen atoms in total. The minimum atomic E-state index is -3.12. The number of carbonyl (C=O) groups excluding carboxylic acids is 2. The van der Waals surface area contributed by atoms with Crippen molar-refractivity contribution in [2.45, 2.75) is 45.3 Å². The van der Waals surface area contributed by atoms with Crippen molar-refractivity contribution in [1.29, 1.82) is 0 Å². The van der Waals surface area contributed by atoms with Crippen LogP contribution in [0.1, 0.15) is 37.3 Å². The topological polar surface area (TPSA) is 131 Å². The zero-order chi connectivity index (χ0) is 26.4. The fourth-order valence-electron chi connectivity index (χ4n) is 3.45. The molecule has 2 unspecified atom stereocenters. The second-order valence-electron chi connectivity index (χ2n) is 8.70. The number of alkyl carbamates (subject to hydrolysis) is 1. The molecular formula is C26H35N2O7P. The van der Waals surface area contributed by atoms with Gasteiger partial charge >= 0.3 is 12.1 Å². The standard InChI is InChI=1S/C26H35N2O7P/c1-20(13-14-24(29)28-23(25(30)31)17-21-9-5-3-6-10-21)15-16-36(33,34-2)19-27-26(32)35-18-22-11-7-4-8-12-22/h3-12,20,23H,13-19H2,1-2H3,(H,27,32)(H,28,29)(H,30,31)/t20?,23-,36?/m0/s1. The monoisotopic (exact) mass is 518 g/mol. The molecule has 0 bridgehead atoms. The number of carboxylic acids is 1. The average molecular weight is 519 g/mol. The Morgan fingerprint density at radius 3 is 2.17 bits per heavy atom. The maximum absolute atomic E-state index is 13.0. The summed E-state index contributed by atoms with van der Waals surface area (Å²) in [6, 6.07) is 17.3. The number of aliphatic carboxylic acids is 1. The van der Waals surface area contributed by atoms with Crippen LogP contribution in [-0.4, -0.2) is 48.7 Å².